The molecule has 0 fully saturated rings. The Kier molecular flexibility index (Phi) is 6.13. The van der Waals surface area contributed by atoms with Crippen LogP contribution in [0.25, 0.3) is 0 Å². The first-order valence-corrected chi connectivity index (χ1v) is 8.88. The van der Waals surface area contributed by atoms with Gasteiger partial charge in [0, 0.05) is 12.6 Å². The first-order chi connectivity index (χ1) is 12.9. The highest BCUT2D eigenvalue weighted by Crippen LogP contribution is 2.32. The number of rotatable bonds is 6. The summed E-state index contributed by atoms with van der Waals surface area (Å²) in [5.74, 6) is -0.468. The quantitative estimate of drug-likeness (QED) is 0.726. The van der Waals surface area contributed by atoms with E-state index in [1.807, 2.05) is 18.2 Å². The van der Waals surface area contributed by atoms with Crippen molar-refractivity contribution in [3.8, 4) is 0 Å². The minimum Gasteiger partial charge on any atom is -0.353 e. The third-order valence-corrected chi connectivity index (χ3v) is 4.65. The molecule has 2 aromatic carbocycles. The van der Waals surface area contributed by atoms with E-state index in [2.05, 4.69) is 22.0 Å². The Morgan fingerprint density at radius 2 is 1.81 bits per heavy atom. The SMILES string of the molecule is O=C(CNC(c1ccccc1)C(F)(F)F)NCC1NCCc2ccccc21. The molecule has 1 amide bonds. The molecule has 4 nitrogen and oxygen atoms in total. The standard InChI is InChI=1S/C20H22F3N3O/c21-20(22,23)19(15-7-2-1-3-8-15)26-13-18(27)25-12-17-16-9-5-4-6-14(16)10-11-24-17/h1-9,17,19,24,26H,10-13H2,(H,25,27). The van der Waals surface area contributed by atoms with E-state index in [1.54, 1.807) is 18.2 Å². The molecule has 0 aromatic heterocycles. The number of carbonyl (C=O) groups excluding carboxylic acids is 1. The number of carbonyl (C=O) groups is 1. The lowest BCUT2D eigenvalue weighted by atomic mass is 9.94. The molecule has 144 valence electrons. The van der Waals surface area contributed by atoms with E-state index in [-0.39, 0.29) is 11.6 Å². The van der Waals surface area contributed by atoms with Gasteiger partial charge >= 0.3 is 6.18 Å². The summed E-state index contributed by atoms with van der Waals surface area (Å²) in [6.45, 7) is 0.729. The molecule has 2 atom stereocenters. The summed E-state index contributed by atoms with van der Waals surface area (Å²) < 4.78 is 39.9. The highest BCUT2D eigenvalue weighted by Gasteiger charge is 2.40. The number of hydrogen-bond acceptors (Lipinski definition) is 3. The number of alkyl halides is 3. The largest absolute Gasteiger partial charge is 0.407 e. The molecule has 0 bridgehead atoms. The summed E-state index contributed by atoms with van der Waals surface area (Å²) >= 11 is 0. The molecule has 3 N–H and O–H groups in total. The molecule has 3 rings (SSSR count). The number of nitrogens with one attached hydrogen (secondary N) is 3. The molecular weight excluding hydrogens is 355 g/mol. The minimum absolute atomic E-state index is 0.0357. The van der Waals surface area contributed by atoms with Gasteiger partial charge < -0.3 is 10.6 Å². The summed E-state index contributed by atoms with van der Waals surface area (Å²) in [6, 6.07) is 13.6. The fourth-order valence-electron chi connectivity index (χ4n) is 3.32. The van der Waals surface area contributed by atoms with Gasteiger partial charge in [-0.25, -0.2) is 0 Å². The van der Waals surface area contributed by atoms with Gasteiger partial charge in [0.1, 0.15) is 6.04 Å². The molecule has 2 aromatic rings. The first-order valence-electron chi connectivity index (χ1n) is 8.88. The van der Waals surface area contributed by atoms with E-state index in [4.69, 9.17) is 0 Å². The van der Waals surface area contributed by atoms with E-state index < -0.39 is 24.7 Å². The second-order valence-corrected chi connectivity index (χ2v) is 6.53. The van der Waals surface area contributed by atoms with Crippen molar-refractivity contribution in [1.82, 2.24) is 16.0 Å². The van der Waals surface area contributed by atoms with Gasteiger partial charge in [-0.2, -0.15) is 13.2 Å². The predicted molar refractivity (Wildman–Crippen MR) is 97.1 cm³/mol. The molecule has 0 aliphatic carbocycles. The summed E-state index contributed by atoms with van der Waals surface area (Å²) in [4.78, 5) is 12.1. The molecule has 0 radical (unpaired) electrons. The normalized spacial score (nSPS) is 17.8. The zero-order chi connectivity index (χ0) is 19.3. The van der Waals surface area contributed by atoms with Crippen LogP contribution in [-0.4, -0.2) is 31.7 Å². The van der Waals surface area contributed by atoms with Gasteiger partial charge in [-0.05, 0) is 29.7 Å². The molecule has 0 saturated heterocycles. The van der Waals surface area contributed by atoms with Gasteiger partial charge in [-0.15, -0.1) is 0 Å². The van der Waals surface area contributed by atoms with Crippen LogP contribution in [0.2, 0.25) is 0 Å². The zero-order valence-electron chi connectivity index (χ0n) is 14.7. The van der Waals surface area contributed by atoms with E-state index in [0.717, 1.165) is 18.5 Å². The van der Waals surface area contributed by atoms with Crippen molar-refractivity contribution >= 4 is 5.91 Å². The van der Waals surface area contributed by atoms with Crippen LogP contribution in [0.4, 0.5) is 13.2 Å². The molecule has 1 aliphatic heterocycles. The second kappa shape index (κ2) is 8.54. The van der Waals surface area contributed by atoms with Crippen LogP contribution in [0.1, 0.15) is 28.8 Å². The van der Waals surface area contributed by atoms with Crippen molar-refractivity contribution in [2.75, 3.05) is 19.6 Å². The Morgan fingerprint density at radius 1 is 1.11 bits per heavy atom. The highest BCUT2D eigenvalue weighted by atomic mass is 19.4. The Labute approximate surface area is 156 Å². The van der Waals surface area contributed by atoms with Crippen LogP contribution in [-0.2, 0) is 11.2 Å². The van der Waals surface area contributed by atoms with Crippen molar-refractivity contribution in [1.29, 1.82) is 0 Å². The maximum atomic E-state index is 13.3. The third kappa shape index (κ3) is 5.08. The summed E-state index contributed by atoms with van der Waals surface area (Å²) in [5.41, 5.74) is 2.44. The molecule has 0 saturated carbocycles. The van der Waals surface area contributed by atoms with Gasteiger partial charge in [0.2, 0.25) is 5.91 Å². The molecule has 7 heteroatoms. The van der Waals surface area contributed by atoms with Crippen LogP contribution in [0.15, 0.2) is 54.6 Å². The number of hydrogen-bond donors (Lipinski definition) is 3. The summed E-state index contributed by atoms with van der Waals surface area (Å²) in [7, 11) is 0. The first kappa shape index (κ1) is 19.4. The van der Waals surface area contributed by atoms with E-state index in [1.165, 1.54) is 17.7 Å². The van der Waals surface area contributed by atoms with Gasteiger partial charge in [0.15, 0.2) is 0 Å². The molecule has 2 unspecified atom stereocenters. The van der Waals surface area contributed by atoms with E-state index in [9.17, 15) is 18.0 Å². The zero-order valence-corrected chi connectivity index (χ0v) is 14.7. The van der Waals surface area contributed by atoms with Crippen LogP contribution in [0, 0.1) is 0 Å². The second-order valence-electron chi connectivity index (χ2n) is 6.53. The third-order valence-electron chi connectivity index (χ3n) is 4.65. The molecule has 0 spiro atoms. The van der Waals surface area contributed by atoms with Crippen molar-refractivity contribution in [2.45, 2.75) is 24.7 Å². The van der Waals surface area contributed by atoms with Gasteiger partial charge in [0.25, 0.3) is 0 Å². The minimum atomic E-state index is -4.48. The summed E-state index contributed by atoms with van der Waals surface area (Å²) in [5, 5.41) is 8.38. The number of halogens is 3. The summed E-state index contributed by atoms with van der Waals surface area (Å²) in [6.07, 6.45) is -3.56. The maximum Gasteiger partial charge on any atom is 0.407 e. The number of amides is 1. The van der Waals surface area contributed by atoms with Crippen molar-refractivity contribution in [2.24, 2.45) is 0 Å². The van der Waals surface area contributed by atoms with Crippen molar-refractivity contribution < 1.29 is 18.0 Å². The Bertz CT molecular complexity index is 765. The van der Waals surface area contributed by atoms with Crippen LogP contribution < -0.4 is 16.0 Å². The fraction of sp³-hybridized carbons (Fsp3) is 0.350. The van der Waals surface area contributed by atoms with E-state index >= 15 is 0 Å². The average molecular weight is 377 g/mol. The molecular formula is C20H22F3N3O. The average Bonchev–Trinajstić information content (AvgIpc) is 2.66. The molecule has 27 heavy (non-hydrogen) atoms. The van der Waals surface area contributed by atoms with E-state index in [0.29, 0.717) is 6.54 Å². The lowest BCUT2D eigenvalue weighted by Gasteiger charge is -2.27. The van der Waals surface area contributed by atoms with Crippen LogP contribution in [0.3, 0.4) is 0 Å². The van der Waals surface area contributed by atoms with Gasteiger partial charge in [0.05, 0.1) is 6.54 Å². The van der Waals surface area contributed by atoms with Gasteiger partial charge in [-0.1, -0.05) is 54.6 Å². The topological polar surface area (TPSA) is 53.2 Å². The Hall–Kier alpha value is -2.38. The lowest BCUT2D eigenvalue weighted by molar-refractivity contribution is -0.158. The maximum absolute atomic E-state index is 13.3. The Balaban J connectivity index is 1.55. The lowest BCUT2D eigenvalue weighted by Crippen LogP contribution is -2.44. The molecule has 1 heterocycles. The van der Waals surface area contributed by atoms with Crippen LogP contribution in [0.5, 0.6) is 0 Å². The van der Waals surface area contributed by atoms with Crippen molar-refractivity contribution in [3.63, 3.8) is 0 Å². The highest BCUT2D eigenvalue weighted by molar-refractivity contribution is 5.78. The van der Waals surface area contributed by atoms with Crippen LogP contribution >= 0.6 is 0 Å². The fourth-order valence-corrected chi connectivity index (χ4v) is 3.32. The number of benzene rings is 2. The monoisotopic (exact) mass is 377 g/mol. The molecule has 1 aliphatic rings. The van der Waals surface area contributed by atoms with Crippen molar-refractivity contribution in [3.05, 3.63) is 71.3 Å². The number of fused-ring (bicyclic) bond motifs is 1. The Morgan fingerprint density at radius 3 is 2.56 bits per heavy atom. The van der Waals surface area contributed by atoms with Gasteiger partial charge in [-0.3, -0.25) is 10.1 Å². The predicted octanol–water partition coefficient (Wildman–Crippen LogP) is 2.88. The smallest absolute Gasteiger partial charge is 0.353 e.